The third-order valence-electron chi connectivity index (χ3n) is 15.1. The number of halogens is 6. The van der Waals surface area contributed by atoms with Crippen molar-refractivity contribution in [3.8, 4) is 22.3 Å². The van der Waals surface area contributed by atoms with Crippen molar-refractivity contribution in [1.82, 2.24) is 17.9 Å². The second kappa shape index (κ2) is 19.0. The maximum Gasteiger partial charge on any atom is 0.416 e. The van der Waals surface area contributed by atoms with Crippen LogP contribution in [-0.2, 0) is 25.4 Å². The fourth-order valence-corrected chi connectivity index (χ4v) is 14.5. The van der Waals surface area contributed by atoms with Crippen LogP contribution in [0.4, 0.5) is 26.3 Å². The van der Waals surface area contributed by atoms with E-state index in [9.17, 15) is 26.3 Å². The summed E-state index contributed by atoms with van der Waals surface area (Å²) in [7, 11) is 0. The minimum Gasteiger partial charge on any atom is -0.340 e. The lowest BCUT2D eigenvalue weighted by molar-refractivity contribution is -0.138. The molecule has 372 valence electrons. The highest BCUT2D eigenvalue weighted by molar-refractivity contribution is 7.26. The quantitative estimate of drug-likeness (QED) is 0.0714. The first-order valence-electron chi connectivity index (χ1n) is 25.7. The molecule has 5 heterocycles. The molecule has 0 aliphatic carbocycles. The summed E-state index contributed by atoms with van der Waals surface area (Å²) in [5.74, 6) is 0. The molecule has 5 aromatic heterocycles. The van der Waals surface area contributed by atoms with Crippen LogP contribution >= 0.6 is 34.4 Å². The van der Waals surface area contributed by atoms with E-state index in [0.717, 1.165) is 184 Å². The Hall–Kier alpha value is -6.02. The fourth-order valence-electron chi connectivity index (χ4n) is 11.6. The number of aromatic nitrogens is 4. The van der Waals surface area contributed by atoms with Gasteiger partial charge in [-0.25, -0.2) is 0 Å². The molecule has 0 saturated carbocycles. The van der Waals surface area contributed by atoms with Gasteiger partial charge in [-0.05, 0) is 72.5 Å². The predicted molar refractivity (Wildman–Crippen MR) is 297 cm³/mol. The van der Waals surface area contributed by atoms with Crippen molar-refractivity contribution in [2.75, 3.05) is 0 Å². The zero-order valence-electron chi connectivity index (χ0n) is 40.6. The number of hydrogen-bond donors (Lipinski definition) is 0. The molecule has 0 unspecified atom stereocenters. The highest BCUT2D eigenvalue weighted by Gasteiger charge is 2.34. The van der Waals surface area contributed by atoms with Gasteiger partial charge in [-0.1, -0.05) is 139 Å². The summed E-state index contributed by atoms with van der Waals surface area (Å²) in [4.78, 5) is 0. The second-order valence-electron chi connectivity index (χ2n) is 19.7. The summed E-state index contributed by atoms with van der Waals surface area (Å²) >= 11 is 4.46. The largest absolute Gasteiger partial charge is 0.416 e. The Kier molecular flexibility index (Phi) is 12.5. The van der Waals surface area contributed by atoms with Gasteiger partial charge in [-0.3, -0.25) is 0 Å². The van der Waals surface area contributed by atoms with Gasteiger partial charge < -0.3 is 9.13 Å². The smallest absolute Gasteiger partial charge is 0.340 e. The van der Waals surface area contributed by atoms with E-state index in [0.29, 0.717) is 35.2 Å². The van der Waals surface area contributed by atoms with E-state index < -0.39 is 23.5 Å². The zero-order chi connectivity index (χ0) is 50.2. The van der Waals surface area contributed by atoms with E-state index in [1.54, 1.807) is 34.8 Å². The highest BCUT2D eigenvalue weighted by atomic mass is 32.1. The molecule has 0 radical (unpaired) electrons. The van der Waals surface area contributed by atoms with Crippen molar-refractivity contribution in [3.63, 3.8) is 0 Å². The van der Waals surface area contributed by atoms with Crippen LogP contribution in [0.5, 0.6) is 0 Å². The monoisotopic (exact) mass is 1040 g/mol. The van der Waals surface area contributed by atoms with Crippen LogP contribution in [0.2, 0.25) is 0 Å². The standard InChI is InChI=1S/C60H52F6N4S3/c1-3-5-7-9-11-17-29-69-45-31-35(59(61,62)63)23-25-39(45)51-43(33-49-53(57(51)69)41-19-13-15-21-47(41)71-49)37-27-28-38(56-55(37)67-73-68-56)44-34-50-54(42-20-14-16-22-48(42)72-50)58-52(44)40-26-24-36(60(64,65)66)32-46(40)70(58)30-18-12-10-8-6-4-2/h13-16,19-28,31-34H,3-12,17-18,29-30H2,1-2H3. The number of thiophene rings is 2. The van der Waals surface area contributed by atoms with Gasteiger partial charge in [0.15, 0.2) is 0 Å². The minimum atomic E-state index is -4.53. The molecule has 0 saturated heterocycles. The zero-order valence-corrected chi connectivity index (χ0v) is 43.0. The summed E-state index contributed by atoms with van der Waals surface area (Å²) in [6.45, 7) is 5.51. The average Bonchev–Trinajstić information content (AvgIpc) is 4.22. The molecule has 0 bridgehead atoms. The summed E-state index contributed by atoms with van der Waals surface area (Å²) < 4.78 is 106. The van der Waals surface area contributed by atoms with Gasteiger partial charge in [0.1, 0.15) is 11.0 Å². The lowest BCUT2D eigenvalue weighted by Gasteiger charge is -2.13. The number of alkyl halides is 6. The van der Waals surface area contributed by atoms with E-state index in [-0.39, 0.29) is 0 Å². The molecular weight excluding hydrogens is 987 g/mol. The molecule has 0 aliphatic rings. The number of aryl methyl sites for hydroxylation is 2. The van der Waals surface area contributed by atoms with Crippen LogP contribution in [0.1, 0.15) is 102 Å². The SMILES string of the molecule is CCCCCCCCn1c2cc(C(F)(F)F)ccc2c2c(-c3ccc(-c4cc5sc6ccccc6c5c5c4c4ccc(C(F)(F)F)cc4n5CCCCCCCC)c4nsnc34)cc3sc4ccccc4c3c21. The molecule has 13 heteroatoms. The Bertz CT molecular complexity index is 3810. The first-order chi connectivity index (χ1) is 35.4. The molecule has 12 aromatic rings. The lowest BCUT2D eigenvalue weighted by atomic mass is 9.91. The van der Waals surface area contributed by atoms with Crippen molar-refractivity contribution in [3.05, 3.63) is 120 Å². The number of benzene rings is 7. The van der Waals surface area contributed by atoms with Crippen molar-refractivity contribution in [1.29, 1.82) is 0 Å². The van der Waals surface area contributed by atoms with E-state index >= 15 is 0 Å². The molecule has 0 aliphatic heterocycles. The first kappa shape index (κ1) is 48.0. The van der Waals surface area contributed by atoms with Crippen LogP contribution in [0.3, 0.4) is 0 Å². The maximum absolute atomic E-state index is 14.6. The van der Waals surface area contributed by atoms with Crippen LogP contribution in [0.15, 0.2) is 109 Å². The number of fused-ring (bicyclic) bond motifs is 15. The van der Waals surface area contributed by atoms with Gasteiger partial charge >= 0.3 is 12.4 Å². The van der Waals surface area contributed by atoms with Crippen molar-refractivity contribution < 1.29 is 26.3 Å². The Labute approximate surface area is 430 Å². The van der Waals surface area contributed by atoms with Gasteiger partial charge in [-0.15, -0.1) is 22.7 Å². The molecule has 0 atom stereocenters. The van der Waals surface area contributed by atoms with E-state index in [4.69, 9.17) is 8.75 Å². The lowest BCUT2D eigenvalue weighted by Crippen LogP contribution is -2.05. The molecule has 0 fully saturated rings. The average molecular weight is 1040 g/mol. The number of hydrogen-bond acceptors (Lipinski definition) is 5. The van der Waals surface area contributed by atoms with Gasteiger partial charge in [-0.2, -0.15) is 35.1 Å². The van der Waals surface area contributed by atoms with E-state index in [1.807, 2.05) is 24.3 Å². The van der Waals surface area contributed by atoms with Crippen molar-refractivity contribution in [2.45, 2.75) is 116 Å². The van der Waals surface area contributed by atoms with Gasteiger partial charge in [0, 0.05) is 97.1 Å². The molecular formula is C60H52F6N4S3. The van der Waals surface area contributed by atoms with Gasteiger partial charge in [0.2, 0.25) is 0 Å². The van der Waals surface area contributed by atoms with Gasteiger partial charge in [0.25, 0.3) is 0 Å². The van der Waals surface area contributed by atoms with Crippen LogP contribution in [-0.4, -0.2) is 17.9 Å². The third kappa shape index (κ3) is 8.25. The molecule has 0 spiro atoms. The topological polar surface area (TPSA) is 35.6 Å². The Balaban J connectivity index is 1.12. The van der Waals surface area contributed by atoms with Crippen molar-refractivity contribution in [2.24, 2.45) is 0 Å². The molecule has 12 rings (SSSR count). The number of nitrogens with zero attached hydrogens (tertiary/aromatic N) is 4. The third-order valence-corrected chi connectivity index (χ3v) is 17.8. The summed E-state index contributed by atoms with van der Waals surface area (Å²) in [5.41, 5.74) is 6.26. The molecule has 73 heavy (non-hydrogen) atoms. The second-order valence-corrected chi connectivity index (χ2v) is 22.4. The number of rotatable bonds is 16. The summed E-state index contributed by atoms with van der Waals surface area (Å²) in [5, 5.41) is 7.44. The van der Waals surface area contributed by atoms with Crippen LogP contribution in [0, 0.1) is 0 Å². The highest BCUT2D eigenvalue weighted by Crippen LogP contribution is 2.52. The fraction of sp³-hybridized carbons (Fsp3) is 0.300. The first-order valence-corrected chi connectivity index (χ1v) is 28.0. The van der Waals surface area contributed by atoms with Crippen LogP contribution in [0.25, 0.3) is 117 Å². The predicted octanol–water partition coefficient (Wildman–Crippen LogP) is 20.7. The summed E-state index contributed by atoms with van der Waals surface area (Å²) in [6, 6.07) is 33.4. The Morgan fingerprint density at radius 1 is 0.411 bits per heavy atom. The van der Waals surface area contributed by atoms with Crippen molar-refractivity contribution >= 4 is 129 Å². The minimum absolute atomic E-state index is 0.553. The molecule has 0 N–H and O–H groups in total. The van der Waals surface area contributed by atoms with Gasteiger partial charge in [0.05, 0.1) is 33.9 Å². The molecule has 0 amide bonds. The Morgan fingerprint density at radius 2 is 0.822 bits per heavy atom. The molecule has 4 nitrogen and oxygen atoms in total. The normalized spacial score (nSPS) is 12.9. The van der Waals surface area contributed by atoms with E-state index in [2.05, 4.69) is 71.5 Å². The molecule has 7 aromatic carbocycles. The number of unbranched alkanes of at least 4 members (excludes halogenated alkanes) is 10. The maximum atomic E-state index is 14.6. The Morgan fingerprint density at radius 3 is 1.25 bits per heavy atom. The van der Waals surface area contributed by atoms with E-state index in [1.165, 1.54) is 24.3 Å². The van der Waals surface area contributed by atoms with Crippen LogP contribution < -0.4 is 0 Å². The summed E-state index contributed by atoms with van der Waals surface area (Å²) in [6.07, 6.45) is 3.51.